The summed E-state index contributed by atoms with van der Waals surface area (Å²) in [5, 5.41) is 0. The maximum absolute atomic E-state index is 12.6. The van der Waals surface area contributed by atoms with E-state index in [-0.39, 0.29) is 18.4 Å². The second kappa shape index (κ2) is 9.43. The number of carbonyl (C=O) groups excluding carboxylic acids is 1. The summed E-state index contributed by atoms with van der Waals surface area (Å²) in [6.07, 6.45) is 7.60. The largest absolute Gasteiger partial charge is 0.497 e. The first-order chi connectivity index (χ1) is 14.7. The molecule has 1 saturated heterocycles. The number of aromatic nitrogens is 2. The van der Waals surface area contributed by atoms with Crippen molar-refractivity contribution < 1.29 is 18.7 Å². The van der Waals surface area contributed by atoms with Crippen LogP contribution in [-0.2, 0) is 11.2 Å². The quantitative estimate of drug-likeness (QED) is 0.597. The lowest BCUT2D eigenvalue weighted by Gasteiger charge is -2.31. The number of pyridine rings is 1. The summed E-state index contributed by atoms with van der Waals surface area (Å²) >= 11 is 0. The van der Waals surface area contributed by atoms with E-state index in [1.54, 1.807) is 37.8 Å². The van der Waals surface area contributed by atoms with Crippen molar-refractivity contribution in [3.63, 3.8) is 0 Å². The molecule has 156 valence electrons. The monoisotopic (exact) mass is 407 g/mol. The molecule has 1 aromatic carbocycles. The average Bonchev–Trinajstić information content (AvgIpc) is 3.27. The van der Waals surface area contributed by atoms with Crippen molar-refractivity contribution in [2.75, 3.05) is 26.8 Å². The lowest BCUT2D eigenvalue weighted by atomic mass is 9.98. The highest BCUT2D eigenvalue weighted by molar-refractivity contribution is 5.78. The first-order valence-corrected chi connectivity index (χ1v) is 10.1. The molecule has 3 heterocycles. The Morgan fingerprint density at radius 2 is 2.07 bits per heavy atom. The van der Waals surface area contributed by atoms with Crippen molar-refractivity contribution in [1.82, 2.24) is 14.9 Å². The van der Waals surface area contributed by atoms with Crippen molar-refractivity contribution in [2.45, 2.75) is 25.2 Å². The lowest BCUT2D eigenvalue weighted by Crippen LogP contribution is -2.41. The Morgan fingerprint density at radius 3 is 2.83 bits per heavy atom. The Balaban J connectivity index is 1.33. The molecular formula is C23H25N3O4. The van der Waals surface area contributed by atoms with Gasteiger partial charge in [-0.2, -0.15) is 0 Å². The van der Waals surface area contributed by atoms with Crippen molar-refractivity contribution in [2.24, 2.45) is 0 Å². The number of amides is 1. The third kappa shape index (κ3) is 4.97. The number of methoxy groups -OCH3 is 1. The molecule has 4 rings (SSSR count). The topological polar surface area (TPSA) is 77.7 Å². The Labute approximate surface area is 175 Å². The minimum Gasteiger partial charge on any atom is -0.497 e. The summed E-state index contributed by atoms with van der Waals surface area (Å²) in [7, 11) is 1.65. The van der Waals surface area contributed by atoms with Gasteiger partial charge in [0.15, 0.2) is 12.5 Å². The van der Waals surface area contributed by atoms with Gasteiger partial charge in [0.05, 0.1) is 25.4 Å². The highest BCUT2D eigenvalue weighted by Gasteiger charge is 2.28. The van der Waals surface area contributed by atoms with Crippen LogP contribution in [0, 0.1) is 0 Å². The van der Waals surface area contributed by atoms with Crippen LogP contribution in [0.2, 0.25) is 0 Å². The summed E-state index contributed by atoms with van der Waals surface area (Å²) in [4.78, 5) is 22.9. The zero-order valence-electron chi connectivity index (χ0n) is 17.0. The molecule has 0 bridgehead atoms. The average molecular weight is 407 g/mol. The lowest BCUT2D eigenvalue weighted by molar-refractivity contribution is -0.134. The fourth-order valence-electron chi connectivity index (χ4n) is 3.61. The molecule has 1 amide bonds. The van der Waals surface area contributed by atoms with Gasteiger partial charge in [-0.25, -0.2) is 4.98 Å². The van der Waals surface area contributed by atoms with Gasteiger partial charge in [-0.1, -0.05) is 12.1 Å². The SMILES string of the molecule is COc1ccc(Cc2cnc(C3CCCN(C(=O)COc4cccnc4)C3)o2)cc1. The first-order valence-electron chi connectivity index (χ1n) is 10.1. The minimum atomic E-state index is -0.0337. The second-order valence-electron chi connectivity index (χ2n) is 7.35. The van der Waals surface area contributed by atoms with Crippen LogP contribution in [0.3, 0.4) is 0 Å². The number of hydrogen-bond acceptors (Lipinski definition) is 6. The molecule has 0 spiro atoms. The molecular weight excluding hydrogens is 382 g/mol. The van der Waals surface area contributed by atoms with E-state index in [0.717, 1.165) is 36.5 Å². The second-order valence-corrected chi connectivity index (χ2v) is 7.35. The molecule has 30 heavy (non-hydrogen) atoms. The van der Waals surface area contributed by atoms with Gasteiger partial charge in [-0.3, -0.25) is 9.78 Å². The van der Waals surface area contributed by atoms with E-state index in [1.165, 1.54) is 0 Å². The maximum atomic E-state index is 12.6. The van der Waals surface area contributed by atoms with E-state index in [1.807, 2.05) is 29.2 Å². The number of piperidine rings is 1. The third-order valence-corrected chi connectivity index (χ3v) is 5.23. The van der Waals surface area contributed by atoms with E-state index in [9.17, 15) is 4.79 Å². The van der Waals surface area contributed by atoms with Gasteiger partial charge in [0.25, 0.3) is 5.91 Å². The molecule has 3 aromatic rings. The number of hydrogen-bond donors (Lipinski definition) is 0. The van der Waals surface area contributed by atoms with Gasteiger partial charge < -0.3 is 18.8 Å². The molecule has 1 atom stereocenters. The number of likely N-dealkylation sites (tertiary alicyclic amines) is 1. The molecule has 0 N–H and O–H groups in total. The Bertz CT molecular complexity index is 956. The number of benzene rings is 1. The first kappa shape index (κ1) is 19.9. The standard InChI is InChI=1S/C23H25N3O4/c1-28-19-8-6-17(7-9-19)12-21-14-25-23(30-21)18-4-3-11-26(15-18)22(27)16-29-20-5-2-10-24-13-20/h2,5-10,13-14,18H,3-4,11-12,15-16H2,1H3. The Kier molecular flexibility index (Phi) is 6.27. The molecule has 1 aliphatic heterocycles. The third-order valence-electron chi connectivity index (χ3n) is 5.23. The van der Waals surface area contributed by atoms with Gasteiger partial charge in [0.1, 0.15) is 17.3 Å². The van der Waals surface area contributed by atoms with E-state index in [2.05, 4.69) is 9.97 Å². The predicted octanol–water partition coefficient (Wildman–Crippen LogP) is 3.45. The number of rotatable bonds is 7. The molecule has 2 aromatic heterocycles. The predicted molar refractivity (Wildman–Crippen MR) is 111 cm³/mol. The minimum absolute atomic E-state index is 0.00666. The van der Waals surface area contributed by atoms with E-state index in [4.69, 9.17) is 13.9 Å². The van der Waals surface area contributed by atoms with Gasteiger partial charge in [-0.15, -0.1) is 0 Å². The molecule has 1 fully saturated rings. The zero-order valence-corrected chi connectivity index (χ0v) is 17.0. The molecule has 7 nitrogen and oxygen atoms in total. The van der Waals surface area contributed by atoms with Gasteiger partial charge in [0.2, 0.25) is 0 Å². The molecule has 7 heteroatoms. The van der Waals surface area contributed by atoms with Gasteiger partial charge in [0, 0.05) is 25.7 Å². The number of nitrogens with zero attached hydrogens (tertiary/aromatic N) is 3. The molecule has 1 aliphatic rings. The van der Waals surface area contributed by atoms with E-state index < -0.39 is 0 Å². The van der Waals surface area contributed by atoms with Gasteiger partial charge >= 0.3 is 0 Å². The van der Waals surface area contributed by atoms with Crippen molar-refractivity contribution >= 4 is 5.91 Å². The summed E-state index contributed by atoms with van der Waals surface area (Å²) in [5.41, 5.74) is 1.13. The number of oxazole rings is 1. The molecule has 0 aliphatic carbocycles. The van der Waals surface area contributed by atoms with Crippen LogP contribution in [0.4, 0.5) is 0 Å². The fraction of sp³-hybridized carbons (Fsp3) is 0.348. The fourth-order valence-corrected chi connectivity index (χ4v) is 3.61. The highest BCUT2D eigenvalue weighted by atomic mass is 16.5. The summed E-state index contributed by atoms with van der Waals surface area (Å²) in [6, 6.07) is 11.5. The summed E-state index contributed by atoms with van der Waals surface area (Å²) in [6.45, 7) is 1.33. The van der Waals surface area contributed by atoms with Crippen LogP contribution < -0.4 is 9.47 Å². The Morgan fingerprint density at radius 1 is 1.20 bits per heavy atom. The number of ether oxygens (including phenoxy) is 2. The molecule has 0 saturated carbocycles. The van der Waals surface area contributed by atoms with E-state index >= 15 is 0 Å². The zero-order chi connectivity index (χ0) is 20.8. The summed E-state index contributed by atoms with van der Waals surface area (Å²) in [5.74, 6) is 3.01. The molecule has 0 radical (unpaired) electrons. The van der Waals surface area contributed by atoms with Crippen LogP contribution in [0.15, 0.2) is 59.4 Å². The normalized spacial score (nSPS) is 16.3. The van der Waals surface area contributed by atoms with Crippen molar-refractivity contribution in [1.29, 1.82) is 0 Å². The van der Waals surface area contributed by atoms with Crippen molar-refractivity contribution in [3.05, 3.63) is 72.2 Å². The van der Waals surface area contributed by atoms with Crippen molar-refractivity contribution in [3.8, 4) is 11.5 Å². The highest BCUT2D eigenvalue weighted by Crippen LogP contribution is 2.27. The number of carbonyl (C=O) groups is 1. The Hall–Kier alpha value is -3.35. The van der Waals surface area contributed by atoms with Crippen LogP contribution >= 0.6 is 0 Å². The van der Waals surface area contributed by atoms with Crippen LogP contribution in [0.1, 0.15) is 36.0 Å². The van der Waals surface area contributed by atoms with Crippen LogP contribution in [0.5, 0.6) is 11.5 Å². The van der Waals surface area contributed by atoms with Gasteiger partial charge in [-0.05, 0) is 42.7 Å². The smallest absolute Gasteiger partial charge is 0.260 e. The van der Waals surface area contributed by atoms with Crippen LogP contribution in [0.25, 0.3) is 0 Å². The summed E-state index contributed by atoms with van der Waals surface area (Å²) < 4.78 is 16.8. The van der Waals surface area contributed by atoms with Crippen LogP contribution in [-0.4, -0.2) is 47.6 Å². The van der Waals surface area contributed by atoms with E-state index in [0.29, 0.717) is 24.6 Å². The molecule has 1 unspecified atom stereocenters. The maximum Gasteiger partial charge on any atom is 0.260 e.